The predicted molar refractivity (Wildman–Crippen MR) is 406 cm³/mol. The highest BCUT2D eigenvalue weighted by Gasteiger charge is 2.52. The number of aromatic nitrogens is 3. The molecular weight excluding hydrogens is 1310 g/mol. The Labute approximate surface area is 609 Å². The molecular formula is C87H96FN3O11S. The maximum absolute atomic E-state index is 13.8. The molecule has 5 aliphatic rings. The van der Waals surface area contributed by atoms with Gasteiger partial charge in [0.15, 0.2) is 0 Å². The summed E-state index contributed by atoms with van der Waals surface area (Å²) in [4.78, 5) is 56.9. The summed E-state index contributed by atoms with van der Waals surface area (Å²) in [5.74, 6) is 9.27. The van der Waals surface area contributed by atoms with Crippen LogP contribution in [0.4, 0.5) is 4.39 Å². The topological polar surface area (TPSA) is 196 Å². The van der Waals surface area contributed by atoms with Gasteiger partial charge in [0.1, 0.15) is 35.4 Å². The Morgan fingerprint density at radius 2 is 1.31 bits per heavy atom. The Balaban J connectivity index is 0.000000149. The minimum atomic E-state index is -1.30. The van der Waals surface area contributed by atoms with Crippen molar-refractivity contribution in [1.82, 2.24) is 15.0 Å². The number of thioether (sulfide) groups is 1. The van der Waals surface area contributed by atoms with E-state index in [2.05, 4.69) is 133 Å². The molecule has 3 N–H and O–H groups in total. The van der Waals surface area contributed by atoms with Gasteiger partial charge in [0.05, 0.1) is 42.7 Å². The monoisotopic (exact) mass is 1410 g/mol. The van der Waals surface area contributed by atoms with Gasteiger partial charge in [0, 0.05) is 34.4 Å². The second-order valence-corrected chi connectivity index (χ2v) is 29.2. The molecule has 1 aliphatic heterocycles. The number of rotatable bonds is 25. The highest BCUT2D eigenvalue weighted by Crippen LogP contribution is 2.62. The zero-order chi connectivity index (χ0) is 72.9. The summed E-state index contributed by atoms with van der Waals surface area (Å²) in [6, 6.07) is 48.4. The zero-order valence-electron chi connectivity index (χ0n) is 60.4. The minimum Gasteiger partial charge on any atom is -0.496 e. The summed E-state index contributed by atoms with van der Waals surface area (Å²) >= 11 is 1.92. The third-order valence-electron chi connectivity index (χ3n) is 20.1. The lowest BCUT2D eigenvalue weighted by Crippen LogP contribution is -2.48. The van der Waals surface area contributed by atoms with Gasteiger partial charge in [0.25, 0.3) is 6.47 Å². The van der Waals surface area contributed by atoms with Crippen LogP contribution in [0.1, 0.15) is 196 Å². The number of aryl methyl sites for hydroxylation is 2. The van der Waals surface area contributed by atoms with Gasteiger partial charge in [-0.15, -0.1) is 11.8 Å². The van der Waals surface area contributed by atoms with Gasteiger partial charge in [-0.2, -0.15) is 4.98 Å². The summed E-state index contributed by atoms with van der Waals surface area (Å²) in [7, 11) is 1.81. The number of benzene rings is 7. The summed E-state index contributed by atoms with van der Waals surface area (Å²) < 4.78 is 40.6. The average Bonchev–Trinajstić information content (AvgIpc) is 1.21. The number of H-pyrrole nitrogens is 1. The van der Waals surface area contributed by atoms with E-state index in [9.17, 15) is 23.6 Å². The standard InChI is InChI=1S/C28H28O3.C21H21NO2S.C21H26O2.C17H21FN2O4/c1-30-27-7-5-24(21-2-3-23-12-25(31-17-29)6-4-22(23)11-21)13-26(27)28-14-18-8-19(15-28)10-20(9-18)16-28;1-4-24-20(23)16-7-9-17(22-14-16)8-5-15-6-10-19-18(13-15)21(2,3)11-12-25-19;1-2-3-4-5-6-7-8-17-9-11-18(12-10-17)19-13-15-20(16-14-19)21(22)23;1-3-4-7-23-8-9-24-16-11(2)19-15(20-16)12-5-6-13(17(21)22)14(18)10-12/h2-7,11-13,17-20H,8-10,14-16H2,1H3;6-7,9-10,13-14H,4,11-12H2,1-3H3;9-16H,2-8H2,1H3,(H,22,23);5-6,10H,3-4,7-9H2,1-2H3,(H,19,20)(H,21,22). The van der Waals surface area contributed by atoms with E-state index < -0.39 is 17.8 Å². The van der Waals surface area contributed by atoms with Crippen LogP contribution >= 0.6 is 11.8 Å². The fraction of sp³-hybridized carbons (Fsp3) is 0.379. The van der Waals surface area contributed by atoms with E-state index in [-0.39, 0.29) is 16.9 Å². The van der Waals surface area contributed by atoms with Gasteiger partial charge in [-0.1, -0.05) is 139 Å². The number of carboxylic acid groups (broad SMARTS) is 2. The van der Waals surface area contributed by atoms with Crippen molar-refractivity contribution >= 4 is 46.9 Å². The maximum Gasteiger partial charge on any atom is 0.339 e. The lowest BCUT2D eigenvalue weighted by Gasteiger charge is -2.57. The van der Waals surface area contributed by atoms with Crippen LogP contribution in [-0.4, -0.2) is 88.8 Å². The van der Waals surface area contributed by atoms with Crippen molar-refractivity contribution in [3.05, 3.63) is 214 Å². The molecule has 4 saturated carbocycles. The van der Waals surface area contributed by atoms with Crippen molar-refractivity contribution < 1.29 is 57.5 Å². The van der Waals surface area contributed by atoms with Crippen molar-refractivity contribution in [3.63, 3.8) is 0 Å². The van der Waals surface area contributed by atoms with Gasteiger partial charge in [-0.05, 0) is 247 Å². The van der Waals surface area contributed by atoms with Gasteiger partial charge in [0.2, 0.25) is 5.88 Å². The molecule has 16 heteroatoms. The summed E-state index contributed by atoms with van der Waals surface area (Å²) in [5, 5.41) is 20.0. The number of unbranched alkanes of at least 4 members (excludes halogenated alkanes) is 6. The van der Waals surface area contributed by atoms with Crippen molar-refractivity contribution in [2.45, 2.75) is 160 Å². The zero-order valence-corrected chi connectivity index (χ0v) is 61.2. The number of fused-ring (bicyclic) bond motifs is 2. The Bertz CT molecular complexity index is 4390. The number of ether oxygens (including phenoxy) is 5. The van der Waals surface area contributed by atoms with E-state index in [0.29, 0.717) is 83.8 Å². The molecule has 9 aromatic rings. The second kappa shape index (κ2) is 36.5. The minimum absolute atomic E-state index is 0.192. The number of carboxylic acids is 2. The van der Waals surface area contributed by atoms with E-state index in [4.69, 9.17) is 33.9 Å². The number of esters is 1. The molecule has 14 rings (SSSR count). The molecule has 538 valence electrons. The number of nitrogens with zero attached hydrogens (tertiary/aromatic N) is 2. The molecule has 0 saturated heterocycles. The maximum atomic E-state index is 13.8. The highest BCUT2D eigenvalue weighted by molar-refractivity contribution is 7.99. The fourth-order valence-electron chi connectivity index (χ4n) is 14.9. The van der Waals surface area contributed by atoms with E-state index in [1.165, 1.54) is 140 Å². The summed E-state index contributed by atoms with van der Waals surface area (Å²) in [5.41, 5.74) is 12.5. The first-order chi connectivity index (χ1) is 49.9. The molecule has 0 amide bonds. The van der Waals surface area contributed by atoms with Gasteiger partial charge < -0.3 is 38.9 Å². The molecule has 0 atom stereocenters. The second-order valence-electron chi connectivity index (χ2n) is 28.1. The van der Waals surface area contributed by atoms with Crippen LogP contribution in [0.5, 0.6) is 17.4 Å². The largest absolute Gasteiger partial charge is 0.496 e. The molecule has 14 nitrogen and oxygen atoms in total. The first-order valence-corrected chi connectivity index (χ1v) is 37.4. The first-order valence-electron chi connectivity index (χ1n) is 36.4. The highest BCUT2D eigenvalue weighted by atomic mass is 32.2. The summed E-state index contributed by atoms with van der Waals surface area (Å²) in [6.45, 7) is 14.9. The number of hydrogen-bond acceptors (Lipinski definition) is 12. The van der Waals surface area contributed by atoms with Crippen LogP contribution < -0.4 is 14.2 Å². The molecule has 2 aromatic heterocycles. The Morgan fingerprint density at radius 1 is 0.660 bits per heavy atom. The van der Waals surface area contributed by atoms with Crippen LogP contribution in [0, 0.1) is 42.3 Å². The van der Waals surface area contributed by atoms with Crippen LogP contribution in [0.15, 0.2) is 163 Å². The number of carbonyl (C=O) groups is 4. The molecule has 3 heterocycles. The molecule has 4 fully saturated rings. The number of hydrogen-bond donors (Lipinski definition) is 3. The Morgan fingerprint density at radius 3 is 1.97 bits per heavy atom. The van der Waals surface area contributed by atoms with Gasteiger partial charge in [-0.25, -0.2) is 23.8 Å². The number of pyridine rings is 1. The lowest BCUT2D eigenvalue weighted by atomic mass is 9.48. The van der Waals surface area contributed by atoms with Gasteiger partial charge in [-0.3, -0.25) is 4.79 Å². The fourth-order valence-corrected chi connectivity index (χ4v) is 16.4. The van der Waals surface area contributed by atoms with Crippen molar-refractivity contribution in [2.75, 3.05) is 39.3 Å². The average molecular weight is 1410 g/mol. The number of imidazole rings is 1. The van der Waals surface area contributed by atoms with E-state index in [0.717, 1.165) is 76.3 Å². The molecule has 0 unspecified atom stereocenters. The number of methoxy groups -OCH3 is 1. The number of halogens is 1. The van der Waals surface area contributed by atoms with E-state index in [1.807, 2.05) is 49.2 Å². The first kappa shape index (κ1) is 76.1. The van der Waals surface area contributed by atoms with Crippen molar-refractivity contribution in [3.8, 4) is 62.9 Å². The smallest absolute Gasteiger partial charge is 0.339 e. The Hall–Kier alpha value is -9.56. The SMILES string of the molecule is CCCCCCCCc1ccc(-c2ccc(C(=O)O)cc2)cc1.CCCCOCCOc1nc(-c2ccc(C(=O)O)c(F)c2)[nH]c1C.CCOC(=O)c1ccc(C#Cc2ccc3c(c2)C(C)(C)CCS3)nc1.COc1ccc(-c2ccc3cc(OC=O)ccc3c2)cc1C12CC3CC(CC(C3)C1)C2. The molecule has 103 heavy (non-hydrogen) atoms. The molecule has 0 radical (unpaired) electrons. The predicted octanol–water partition coefficient (Wildman–Crippen LogP) is 20.3. The van der Waals surface area contributed by atoms with E-state index in [1.54, 1.807) is 38.1 Å². The van der Waals surface area contributed by atoms with Crippen LogP contribution in [0.2, 0.25) is 0 Å². The van der Waals surface area contributed by atoms with E-state index >= 15 is 0 Å². The summed E-state index contributed by atoms with van der Waals surface area (Å²) in [6.07, 6.45) is 22.2. The van der Waals surface area contributed by atoms with Crippen LogP contribution in [0.3, 0.4) is 0 Å². The van der Waals surface area contributed by atoms with Crippen molar-refractivity contribution in [1.29, 1.82) is 0 Å². The number of carbonyl (C=O) groups excluding carboxylic acids is 2. The quantitative estimate of drug-likeness (QED) is 0.0211. The Kier molecular flexibility index (Phi) is 27.0. The van der Waals surface area contributed by atoms with Gasteiger partial charge >= 0.3 is 17.9 Å². The molecule has 7 aromatic carbocycles. The normalized spacial score (nSPS) is 17.1. The molecule has 4 aliphatic carbocycles. The third-order valence-corrected chi connectivity index (χ3v) is 21.2. The number of aromatic carboxylic acids is 2. The van der Waals surface area contributed by atoms with Crippen LogP contribution in [-0.2, 0) is 31.5 Å². The number of aromatic amines is 1. The van der Waals surface area contributed by atoms with Crippen LogP contribution in [0.25, 0.3) is 44.4 Å². The number of nitrogens with one attached hydrogen (secondary N) is 1. The third kappa shape index (κ3) is 20.4. The molecule has 0 spiro atoms. The lowest BCUT2D eigenvalue weighted by molar-refractivity contribution is -0.120. The van der Waals surface area contributed by atoms with Crippen molar-refractivity contribution in [2.24, 2.45) is 17.8 Å². The molecule has 4 bridgehead atoms.